The summed E-state index contributed by atoms with van der Waals surface area (Å²) in [5.74, 6) is -2.29. The lowest BCUT2D eigenvalue weighted by Crippen LogP contribution is -2.69. The van der Waals surface area contributed by atoms with E-state index in [4.69, 9.17) is 14.6 Å². The molecule has 2 N–H and O–H groups in total. The molecule has 10 nitrogen and oxygen atoms in total. The molecule has 0 saturated carbocycles. The Morgan fingerprint density at radius 2 is 1.70 bits per heavy atom. The lowest BCUT2D eigenvalue weighted by atomic mass is 9.78. The molecule has 1 aromatic carbocycles. The standard InChI is InChI=1S/C39H47F6N3O7S/c1-3-10-31-37(55-26-23-32(56-25-26)39(43,44)45,15-9-18-48(31)34(51)27-24-46(2)19-14-28(27)38(40,41)42)35(52)47-20-16-36(53,17-21-47)29-11-6-7-12-30(29)54-22-8-4-5-13-33(49)50/h6-7,11-12,14,23-25,31,53H,3-5,8-10,13,15-22H2,1-2H3,(H,49,50)/t31-,37+/m1/s1. The number of ether oxygens (including phenoxy) is 2. The molecule has 2 saturated heterocycles. The number of aliphatic carboxylic acids is 1. The van der Waals surface area contributed by atoms with Gasteiger partial charge in [0.2, 0.25) is 5.60 Å². The van der Waals surface area contributed by atoms with Crippen molar-refractivity contribution in [2.24, 2.45) is 0 Å². The van der Waals surface area contributed by atoms with Crippen molar-refractivity contribution in [1.29, 1.82) is 0 Å². The fourth-order valence-electron chi connectivity index (χ4n) is 7.75. The number of hydrogen-bond donors (Lipinski definition) is 2. The molecule has 0 aliphatic carbocycles. The summed E-state index contributed by atoms with van der Waals surface area (Å²) in [5, 5.41) is 21.9. The fourth-order valence-corrected chi connectivity index (χ4v) is 8.42. The van der Waals surface area contributed by atoms with E-state index in [9.17, 15) is 45.8 Å². The number of amides is 2. The second kappa shape index (κ2) is 17.5. The molecule has 0 radical (unpaired) electrons. The van der Waals surface area contributed by atoms with E-state index in [1.807, 2.05) is 0 Å². The fraction of sp³-hybridized carbons (Fsp3) is 0.564. The van der Waals surface area contributed by atoms with Gasteiger partial charge in [0.05, 0.1) is 29.4 Å². The highest BCUT2D eigenvalue weighted by Gasteiger charge is 2.57. The summed E-state index contributed by atoms with van der Waals surface area (Å²) in [6.07, 6.45) is -5.07. The highest BCUT2D eigenvalue weighted by Crippen LogP contribution is 2.45. The van der Waals surface area contributed by atoms with E-state index in [1.54, 1.807) is 31.2 Å². The highest BCUT2D eigenvalue weighted by molar-refractivity contribution is 7.10. The molecule has 2 aromatic rings. The maximum Gasteiger partial charge on any atom is 0.425 e. The molecule has 4 heterocycles. The quantitative estimate of drug-likeness (QED) is 0.149. The zero-order valence-corrected chi connectivity index (χ0v) is 32.1. The first-order valence-electron chi connectivity index (χ1n) is 18.7. The number of nitrogens with zero attached hydrogens (tertiary/aromatic N) is 3. The third-order valence-electron chi connectivity index (χ3n) is 10.5. The number of alkyl halides is 6. The second-order valence-corrected chi connectivity index (χ2v) is 15.4. The Morgan fingerprint density at radius 1 is 0.982 bits per heavy atom. The van der Waals surface area contributed by atoms with Gasteiger partial charge in [-0.3, -0.25) is 14.4 Å². The number of hydrogen-bond acceptors (Lipinski definition) is 8. The number of halogens is 6. The van der Waals surface area contributed by atoms with Crippen molar-refractivity contribution < 1.29 is 60.4 Å². The number of thiophene rings is 1. The number of unbranched alkanes of at least 4 members (excludes halogenated alkanes) is 2. The van der Waals surface area contributed by atoms with E-state index < -0.39 is 63.4 Å². The summed E-state index contributed by atoms with van der Waals surface area (Å²) in [4.78, 5) is 43.1. The van der Waals surface area contributed by atoms with Crippen LogP contribution in [-0.2, 0) is 26.2 Å². The molecule has 2 fully saturated rings. The van der Waals surface area contributed by atoms with Crippen LogP contribution in [0.2, 0.25) is 0 Å². The Morgan fingerprint density at radius 3 is 2.34 bits per heavy atom. The smallest absolute Gasteiger partial charge is 0.425 e. The summed E-state index contributed by atoms with van der Waals surface area (Å²) in [6.45, 7) is 1.95. The van der Waals surface area contributed by atoms with E-state index in [0.29, 0.717) is 48.3 Å². The van der Waals surface area contributed by atoms with Crippen molar-refractivity contribution in [1.82, 2.24) is 14.7 Å². The molecule has 56 heavy (non-hydrogen) atoms. The Balaban J connectivity index is 1.44. The number of carbonyl (C=O) groups excluding carboxylic acids is 2. The number of benzene rings is 1. The molecule has 1 aromatic heterocycles. The highest BCUT2D eigenvalue weighted by atomic mass is 32.1. The molecule has 5 rings (SSSR count). The summed E-state index contributed by atoms with van der Waals surface area (Å²) in [6, 6.07) is 6.56. The zero-order chi connectivity index (χ0) is 40.9. The average Bonchev–Trinajstić information content (AvgIpc) is 3.62. The molecule has 2 amide bonds. The van der Waals surface area contributed by atoms with Gasteiger partial charge < -0.3 is 34.4 Å². The Labute approximate surface area is 325 Å². The van der Waals surface area contributed by atoms with Crippen molar-refractivity contribution in [3.63, 3.8) is 0 Å². The number of para-hydroxylation sites is 1. The number of carboxylic acids is 1. The minimum Gasteiger partial charge on any atom is -0.493 e. The molecule has 0 spiro atoms. The van der Waals surface area contributed by atoms with Crippen molar-refractivity contribution in [2.45, 2.75) is 101 Å². The van der Waals surface area contributed by atoms with Crippen molar-refractivity contribution in [3.05, 3.63) is 69.6 Å². The summed E-state index contributed by atoms with van der Waals surface area (Å²) in [5.41, 5.74) is -4.61. The van der Waals surface area contributed by atoms with Gasteiger partial charge in [0.1, 0.15) is 16.4 Å². The van der Waals surface area contributed by atoms with Gasteiger partial charge >= 0.3 is 18.3 Å². The van der Waals surface area contributed by atoms with Gasteiger partial charge in [0.15, 0.2) is 0 Å². The van der Waals surface area contributed by atoms with Crippen LogP contribution in [0.5, 0.6) is 11.5 Å². The number of piperidine rings is 2. The minimum atomic E-state index is -4.84. The molecule has 0 bridgehead atoms. The first-order chi connectivity index (χ1) is 26.4. The van der Waals surface area contributed by atoms with Gasteiger partial charge in [0.25, 0.3) is 11.8 Å². The van der Waals surface area contributed by atoms with Crippen LogP contribution in [0.15, 0.2) is 59.1 Å². The van der Waals surface area contributed by atoms with Crippen molar-refractivity contribution >= 4 is 29.1 Å². The maximum atomic E-state index is 15.0. The second-order valence-electron chi connectivity index (χ2n) is 14.5. The number of carbonyl (C=O) groups is 3. The maximum absolute atomic E-state index is 15.0. The largest absolute Gasteiger partial charge is 0.493 e. The molecular weight excluding hydrogens is 768 g/mol. The summed E-state index contributed by atoms with van der Waals surface area (Å²) in [7, 11) is 1.52. The summed E-state index contributed by atoms with van der Waals surface area (Å²) >= 11 is 0.377. The number of rotatable bonds is 14. The van der Waals surface area contributed by atoms with Crippen LogP contribution in [0, 0.1) is 0 Å². The normalized spacial score (nSPS) is 21.7. The Hall–Kier alpha value is -4.25. The van der Waals surface area contributed by atoms with Gasteiger partial charge in [-0.15, -0.1) is 11.3 Å². The zero-order valence-electron chi connectivity index (χ0n) is 31.3. The van der Waals surface area contributed by atoms with Crippen molar-refractivity contribution in [3.8, 4) is 11.5 Å². The molecule has 17 heteroatoms. The molecular formula is C39H47F6N3O7S. The number of likely N-dealkylation sites (tertiary alicyclic amines) is 2. The third kappa shape index (κ3) is 9.64. The Kier molecular flexibility index (Phi) is 13.4. The van der Waals surface area contributed by atoms with Gasteiger partial charge in [-0.1, -0.05) is 37.6 Å². The monoisotopic (exact) mass is 815 g/mol. The molecule has 2 atom stereocenters. The average molecular weight is 816 g/mol. The van der Waals surface area contributed by atoms with E-state index in [1.165, 1.54) is 21.7 Å². The van der Waals surface area contributed by atoms with E-state index >= 15 is 0 Å². The molecule has 3 aliphatic heterocycles. The number of carboxylic acid groups (broad SMARTS) is 1. The number of aliphatic hydroxyl groups is 1. The summed E-state index contributed by atoms with van der Waals surface area (Å²) < 4.78 is 96.2. The van der Waals surface area contributed by atoms with Crippen LogP contribution in [0.1, 0.15) is 81.6 Å². The third-order valence-corrected chi connectivity index (χ3v) is 11.5. The van der Waals surface area contributed by atoms with E-state index in [-0.39, 0.29) is 77.1 Å². The van der Waals surface area contributed by atoms with Gasteiger partial charge in [-0.05, 0) is 51.0 Å². The van der Waals surface area contributed by atoms with Crippen LogP contribution in [0.25, 0.3) is 0 Å². The van der Waals surface area contributed by atoms with Crippen LogP contribution < -0.4 is 9.47 Å². The first-order valence-corrected chi connectivity index (χ1v) is 19.6. The molecule has 308 valence electrons. The van der Waals surface area contributed by atoms with Crippen LogP contribution in [-0.4, -0.2) is 100 Å². The SMILES string of the molecule is CCC[C@H]1N(C(=O)C2=CN(C)CC=C2C(F)(F)F)CCC[C@@]1(Oc1csc(C(F)(F)F)c1)C(=O)N1CCC(O)(c2ccccc2OCCCCCC(=O)O)CC1. The van der Waals surface area contributed by atoms with E-state index in [0.717, 1.165) is 23.7 Å². The van der Waals surface area contributed by atoms with Crippen molar-refractivity contribution in [2.75, 3.05) is 39.8 Å². The van der Waals surface area contributed by atoms with Gasteiger partial charge in [-0.25, -0.2) is 0 Å². The predicted octanol–water partition coefficient (Wildman–Crippen LogP) is 7.53. The minimum absolute atomic E-state index is 0.00883. The van der Waals surface area contributed by atoms with Crippen LogP contribution in [0.4, 0.5) is 26.3 Å². The van der Waals surface area contributed by atoms with Crippen LogP contribution in [0.3, 0.4) is 0 Å². The van der Waals surface area contributed by atoms with Gasteiger partial charge in [-0.2, -0.15) is 26.3 Å². The molecule has 0 unspecified atom stereocenters. The van der Waals surface area contributed by atoms with Gasteiger partial charge in [0, 0.05) is 69.3 Å². The van der Waals surface area contributed by atoms with E-state index in [2.05, 4.69) is 0 Å². The molecule has 3 aliphatic rings. The van der Waals surface area contributed by atoms with Crippen LogP contribution >= 0.6 is 11.3 Å². The first kappa shape index (κ1) is 42.9. The number of likely N-dealkylation sites (N-methyl/N-ethyl adjacent to an activating group) is 1. The lowest BCUT2D eigenvalue weighted by molar-refractivity contribution is -0.168. The Bertz CT molecular complexity index is 1790. The lowest BCUT2D eigenvalue weighted by Gasteiger charge is -2.51. The topological polar surface area (TPSA) is 120 Å². The predicted molar refractivity (Wildman–Crippen MR) is 195 cm³/mol.